The molecule has 0 radical (unpaired) electrons. The van der Waals surface area contributed by atoms with Gasteiger partial charge in [-0.3, -0.25) is 19.2 Å². The number of ether oxygens (including phenoxy) is 3. The van der Waals surface area contributed by atoms with Crippen molar-refractivity contribution in [3.8, 4) is 0 Å². The first-order valence-corrected chi connectivity index (χ1v) is 8.15. The van der Waals surface area contributed by atoms with Gasteiger partial charge in [0.2, 0.25) is 5.91 Å². The van der Waals surface area contributed by atoms with E-state index in [0.717, 1.165) is 21.3 Å². The number of esters is 3. The molecule has 2 atom stereocenters. The zero-order valence-electron chi connectivity index (χ0n) is 15.9. The Kier molecular flexibility index (Phi) is 8.60. The van der Waals surface area contributed by atoms with Crippen molar-refractivity contribution in [2.75, 3.05) is 26.6 Å². The van der Waals surface area contributed by atoms with Crippen molar-refractivity contribution in [2.24, 2.45) is 5.92 Å². The number of para-hydroxylation sites is 1. The molecule has 152 valence electrons. The van der Waals surface area contributed by atoms with Gasteiger partial charge in [0.1, 0.15) is 6.04 Å². The molecule has 0 aliphatic rings. The summed E-state index contributed by atoms with van der Waals surface area (Å²) in [5.41, 5.74) is 0.256. The van der Waals surface area contributed by atoms with E-state index in [1.807, 2.05) is 0 Å². The fourth-order valence-corrected chi connectivity index (χ4v) is 2.40. The molecule has 28 heavy (non-hydrogen) atoms. The van der Waals surface area contributed by atoms with Crippen molar-refractivity contribution in [1.29, 1.82) is 0 Å². The molecule has 1 aromatic carbocycles. The van der Waals surface area contributed by atoms with Crippen LogP contribution >= 0.6 is 0 Å². The van der Waals surface area contributed by atoms with E-state index in [9.17, 15) is 24.0 Å². The molecule has 2 N–H and O–H groups in total. The van der Waals surface area contributed by atoms with E-state index >= 15 is 0 Å². The summed E-state index contributed by atoms with van der Waals surface area (Å²) in [6, 6.07) is 4.56. The van der Waals surface area contributed by atoms with Crippen molar-refractivity contribution >= 4 is 35.4 Å². The molecule has 0 heterocycles. The lowest BCUT2D eigenvalue weighted by Gasteiger charge is -2.24. The number of carbonyl (C=O) groups excluding carboxylic acids is 5. The Morgan fingerprint density at radius 2 is 1.54 bits per heavy atom. The fourth-order valence-electron chi connectivity index (χ4n) is 2.40. The summed E-state index contributed by atoms with van der Waals surface area (Å²) in [7, 11) is 3.26. The van der Waals surface area contributed by atoms with E-state index in [-0.39, 0.29) is 11.3 Å². The molecular formula is C18H22N2O8. The summed E-state index contributed by atoms with van der Waals surface area (Å²) in [6.07, 6.45) is -0.517. The molecule has 0 saturated carbocycles. The Hall–Kier alpha value is -3.43. The van der Waals surface area contributed by atoms with E-state index in [1.54, 1.807) is 12.1 Å². The molecule has 0 aliphatic heterocycles. The van der Waals surface area contributed by atoms with Crippen LogP contribution in [0.25, 0.3) is 0 Å². The third kappa shape index (κ3) is 6.08. The van der Waals surface area contributed by atoms with Crippen LogP contribution in [0, 0.1) is 5.92 Å². The number of methoxy groups -OCH3 is 3. The first kappa shape index (κ1) is 22.6. The maximum atomic E-state index is 12.7. The molecule has 0 spiro atoms. The van der Waals surface area contributed by atoms with Crippen LogP contribution in [0.4, 0.5) is 5.69 Å². The summed E-state index contributed by atoms with van der Waals surface area (Å²) in [5.74, 6) is -5.18. The molecule has 1 rings (SSSR count). The van der Waals surface area contributed by atoms with Crippen molar-refractivity contribution in [3.05, 3.63) is 29.8 Å². The normalized spacial score (nSPS) is 12.1. The van der Waals surface area contributed by atoms with Gasteiger partial charge >= 0.3 is 17.9 Å². The van der Waals surface area contributed by atoms with Gasteiger partial charge in [0, 0.05) is 6.92 Å². The predicted octanol–water partition coefficient (Wildman–Crippen LogP) is 0.269. The molecule has 0 fully saturated rings. The van der Waals surface area contributed by atoms with E-state index < -0.39 is 48.1 Å². The van der Waals surface area contributed by atoms with Gasteiger partial charge in [-0.25, -0.2) is 4.79 Å². The summed E-state index contributed by atoms with van der Waals surface area (Å²) < 4.78 is 13.8. The second-order valence-corrected chi connectivity index (χ2v) is 5.61. The number of rotatable bonds is 8. The second-order valence-electron chi connectivity index (χ2n) is 5.61. The monoisotopic (exact) mass is 394 g/mol. The number of nitrogens with one attached hydrogen (secondary N) is 2. The van der Waals surface area contributed by atoms with Crippen molar-refractivity contribution in [1.82, 2.24) is 5.32 Å². The van der Waals surface area contributed by atoms with Gasteiger partial charge in [-0.2, -0.15) is 0 Å². The smallest absolute Gasteiger partial charge is 0.329 e. The predicted molar refractivity (Wildman–Crippen MR) is 96.2 cm³/mol. The van der Waals surface area contributed by atoms with Crippen molar-refractivity contribution in [2.45, 2.75) is 19.4 Å². The summed E-state index contributed by atoms with van der Waals surface area (Å²) >= 11 is 0. The van der Waals surface area contributed by atoms with E-state index in [1.165, 1.54) is 19.1 Å². The Morgan fingerprint density at radius 1 is 0.929 bits per heavy atom. The number of benzene rings is 1. The van der Waals surface area contributed by atoms with Crippen LogP contribution in [-0.4, -0.2) is 57.1 Å². The van der Waals surface area contributed by atoms with E-state index in [4.69, 9.17) is 0 Å². The first-order chi connectivity index (χ1) is 13.2. The molecular weight excluding hydrogens is 372 g/mol. The lowest BCUT2D eigenvalue weighted by Crippen LogP contribution is -2.50. The van der Waals surface area contributed by atoms with Gasteiger partial charge in [-0.15, -0.1) is 0 Å². The van der Waals surface area contributed by atoms with Gasteiger partial charge in [0.15, 0.2) is 0 Å². The van der Waals surface area contributed by atoms with Crippen LogP contribution < -0.4 is 10.6 Å². The largest absolute Gasteiger partial charge is 0.469 e. The highest BCUT2D eigenvalue weighted by Crippen LogP contribution is 2.18. The maximum absolute atomic E-state index is 12.7. The van der Waals surface area contributed by atoms with Crippen LogP contribution in [0.3, 0.4) is 0 Å². The third-order valence-electron chi connectivity index (χ3n) is 3.74. The Balaban J connectivity index is 3.22. The van der Waals surface area contributed by atoms with Gasteiger partial charge in [0.05, 0.1) is 44.9 Å². The molecule has 10 nitrogen and oxygen atoms in total. The minimum absolute atomic E-state index is 0.0493. The summed E-state index contributed by atoms with van der Waals surface area (Å²) in [5, 5.41) is 4.86. The van der Waals surface area contributed by atoms with Crippen LogP contribution in [-0.2, 0) is 33.4 Å². The first-order valence-electron chi connectivity index (χ1n) is 8.15. The Labute approximate surface area is 161 Å². The van der Waals surface area contributed by atoms with Crippen LogP contribution in [0.1, 0.15) is 23.7 Å². The Morgan fingerprint density at radius 3 is 2.07 bits per heavy atom. The molecule has 0 aliphatic carbocycles. The highest BCUT2D eigenvalue weighted by Gasteiger charge is 2.39. The van der Waals surface area contributed by atoms with Gasteiger partial charge in [-0.05, 0) is 12.1 Å². The zero-order valence-corrected chi connectivity index (χ0v) is 15.9. The number of hydrogen-bond donors (Lipinski definition) is 2. The van der Waals surface area contributed by atoms with E-state index in [0.29, 0.717) is 0 Å². The molecule has 1 aromatic rings. The number of hydrogen-bond acceptors (Lipinski definition) is 8. The number of anilines is 1. The SMILES string of the molecule is COC(=O)C[C@@H](C(=O)OC)[C@H](NC(=O)c1ccccc1NC(C)=O)C(=O)OC. The van der Waals surface area contributed by atoms with Crippen LogP contribution in [0.5, 0.6) is 0 Å². The topological polar surface area (TPSA) is 137 Å². The van der Waals surface area contributed by atoms with Gasteiger partial charge in [-0.1, -0.05) is 12.1 Å². The average molecular weight is 394 g/mol. The standard InChI is InChI=1S/C18H22N2O8/c1-10(21)19-13-8-6-5-7-11(13)16(23)20-15(18(25)28-4)12(17(24)27-3)9-14(22)26-2/h5-8,12,15H,9H2,1-4H3,(H,19,21)(H,20,23)/t12-,15+/m1/s1. The quantitative estimate of drug-likeness (QED) is 0.473. The van der Waals surface area contributed by atoms with Gasteiger partial charge in [0.25, 0.3) is 5.91 Å². The van der Waals surface area contributed by atoms with Crippen molar-refractivity contribution < 1.29 is 38.2 Å². The molecule has 2 amide bonds. The van der Waals surface area contributed by atoms with Gasteiger partial charge < -0.3 is 24.8 Å². The van der Waals surface area contributed by atoms with Crippen LogP contribution in [0.2, 0.25) is 0 Å². The minimum atomic E-state index is -1.52. The minimum Gasteiger partial charge on any atom is -0.469 e. The lowest BCUT2D eigenvalue weighted by molar-refractivity contribution is -0.158. The Bertz CT molecular complexity index is 762. The maximum Gasteiger partial charge on any atom is 0.329 e. The zero-order chi connectivity index (χ0) is 21.3. The van der Waals surface area contributed by atoms with E-state index in [2.05, 4.69) is 24.8 Å². The summed E-state index contributed by atoms with van der Waals surface area (Å²) in [6.45, 7) is 1.27. The fraction of sp³-hybridized carbons (Fsp3) is 0.389. The molecule has 0 unspecified atom stereocenters. The second kappa shape index (κ2) is 10.7. The molecule has 0 aromatic heterocycles. The van der Waals surface area contributed by atoms with Crippen molar-refractivity contribution in [3.63, 3.8) is 0 Å². The number of amides is 2. The number of carbonyl (C=O) groups is 5. The molecule has 10 heteroatoms. The average Bonchev–Trinajstić information content (AvgIpc) is 2.68. The highest BCUT2D eigenvalue weighted by molar-refractivity contribution is 6.05. The molecule has 0 saturated heterocycles. The van der Waals surface area contributed by atoms with Crippen LogP contribution in [0.15, 0.2) is 24.3 Å². The summed E-state index contributed by atoms with van der Waals surface area (Å²) in [4.78, 5) is 60.0. The molecule has 0 bridgehead atoms. The third-order valence-corrected chi connectivity index (χ3v) is 3.74. The highest BCUT2D eigenvalue weighted by atomic mass is 16.5. The lowest BCUT2D eigenvalue weighted by atomic mass is 9.95.